The van der Waals surface area contributed by atoms with Gasteiger partial charge in [-0.1, -0.05) is 27.7 Å². The zero-order chi connectivity index (χ0) is 15.6. The smallest absolute Gasteiger partial charge is 0.0244 e. The standard InChI is InChI=1S/C18H37N3/c1-7-16-10-19-17(18(4,5)6)13-21(16)12-15-8-9-20(11-15)14(2)3/h14-17,19H,7-13H2,1-6H3. The van der Waals surface area contributed by atoms with E-state index in [0.29, 0.717) is 17.5 Å². The van der Waals surface area contributed by atoms with Crippen LogP contribution in [0.25, 0.3) is 0 Å². The third-order valence-corrected chi connectivity index (χ3v) is 5.59. The first-order valence-electron chi connectivity index (χ1n) is 9.02. The van der Waals surface area contributed by atoms with Crippen LogP contribution in [0.3, 0.4) is 0 Å². The molecule has 0 aromatic carbocycles. The minimum absolute atomic E-state index is 0.358. The van der Waals surface area contributed by atoms with Crippen LogP contribution in [0.1, 0.15) is 54.4 Å². The molecule has 3 nitrogen and oxygen atoms in total. The van der Waals surface area contributed by atoms with Crippen LogP contribution in [0.2, 0.25) is 0 Å². The van der Waals surface area contributed by atoms with Crippen molar-refractivity contribution < 1.29 is 0 Å². The Hall–Kier alpha value is -0.120. The Kier molecular flexibility index (Phi) is 5.72. The molecule has 3 heteroatoms. The van der Waals surface area contributed by atoms with Gasteiger partial charge in [0.1, 0.15) is 0 Å². The Balaban J connectivity index is 1.92. The molecule has 0 spiro atoms. The van der Waals surface area contributed by atoms with Crippen LogP contribution in [-0.4, -0.2) is 60.6 Å². The number of piperazine rings is 1. The first-order valence-corrected chi connectivity index (χ1v) is 9.02. The van der Waals surface area contributed by atoms with Crippen molar-refractivity contribution in [2.75, 3.05) is 32.7 Å². The summed E-state index contributed by atoms with van der Waals surface area (Å²) >= 11 is 0. The van der Waals surface area contributed by atoms with Crippen LogP contribution in [0.4, 0.5) is 0 Å². The van der Waals surface area contributed by atoms with E-state index in [4.69, 9.17) is 0 Å². The summed E-state index contributed by atoms with van der Waals surface area (Å²) in [5.74, 6) is 0.875. The van der Waals surface area contributed by atoms with Crippen LogP contribution in [0.15, 0.2) is 0 Å². The number of hydrogen-bond donors (Lipinski definition) is 1. The molecule has 0 saturated carbocycles. The van der Waals surface area contributed by atoms with E-state index >= 15 is 0 Å². The molecule has 2 saturated heterocycles. The lowest BCUT2D eigenvalue weighted by Gasteiger charge is -2.45. The molecule has 0 radical (unpaired) electrons. The highest BCUT2D eigenvalue weighted by Gasteiger charge is 2.35. The molecule has 2 heterocycles. The van der Waals surface area contributed by atoms with Gasteiger partial charge in [-0.15, -0.1) is 0 Å². The normalized spacial score (nSPS) is 33.0. The molecule has 3 atom stereocenters. The third-order valence-electron chi connectivity index (χ3n) is 5.59. The number of rotatable bonds is 4. The Morgan fingerprint density at radius 1 is 1.19 bits per heavy atom. The molecule has 0 bridgehead atoms. The van der Waals surface area contributed by atoms with Gasteiger partial charge in [-0.05, 0) is 44.6 Å². The number of hydrogen-bond acceptors (Lipinski definition) is 3. The fourth-order valence-corrected chi connectivity index (χ4v) is 3.87. The van der Waals surface area contributed by atoms with E-state index in [9.17, 15) is 0 Å². The quantitative estimate of drug-likeness (QED) is 0.860. The van der Waals surface area contributed by atoms with Crippen molar-refractivity contribution >= 4 is 0 Å². The van der Waals surface area contributed by atoms with E-state index in [1.165, 1.54) is 45.6 Å². The van der Waals surface area contributed by atoms with Crippen molar-refractivity contribution in [2.45, 2.75) is 72.5 Å². The second-order valence-electron chi connectivity index (χ2n) is 8.59. The molecule has 0 aliphatic carbocycles. The largest absolute Gasteiger partial charge is 0.311 e. The average Bonchev–Trinajstić information content (AvgIpc) is 2.86. The lowest BCUT2D eigenvalue weighted by molar-refractivity contribution is 0.0701. The molecule has 0 aromatic heterocycles. The van der Waals surface area contributed by atoms with Crippen molar-refractivity contribution in [1.82, 2.24) is 15.1 Å². The zero-order valence-corrected chi connectivity index (χ0v) is 15.2. The highest BCUT2D eigenvalue weighted by Crippen LogP contribution is 2.27. The maximum absolute atomic E-state index is 3.79. The summed E-state index contributed by atoms with van der Waals surface area (Å²) in [6.45, 7) is 20.4. The Morgan fingerprint density at radius 2 is 1.90 bits per heavy atom. The summed E-state index contributed by atoms with van der Waals surface area (Å²) < 4.78 is 0. The molecule has 0 aromatic rings. The predicted molar refractivity (Wildman–Crippen MR) is 91.7 cm³/mol. The van der Waals surface area contributed by atoms with Crippen LogP contribution in [0, 0.1) is 11.3 Å². The highest BCUT2D eigenvalue weighted by atomic mass is 15.3. The first-order chi connectivity index (χ1) is 9.81. The van der Waals surface area contributed by atoms with Crippen molar-refractivity contribution in [3.63, 3.8) is 0 Å². The van der Waals surface area contributed by atoms with Gasteiger partial charge in [0.2, 0.25) is 0 Å². The minimum atomic E-state index is 0.358. The van der Waals surface area contributed by atoms with E-state index in [1.807, 2.05) is 0 Å². The molecule has 1 N–H and O–H groups in total. The van der Waals surface area contributed by atoms with Gasteiger partial charge in [0.15, 0.2) is 0 Å². The lowest BCUT2D eigenvalue weighted by atomic mass is 9.84. The van der Waals surface area contributed by atoms with Gasteiger partial charge in [0, 0.05) is 44.3 Å². The summed E-state index contributed by atoms with van der Waals surface area (Å²) in [6.07, 6.45) is 2.66. The highest BCUT2D eigenvalue weighted by molar-refractivity contribution is 4.93. The van der Waals surface area contributed by atoms with E-state index in [2.05, 4.69) is 56.7 Å². The van der Waals surface area contributed by atoms with Crippen LogP contribution < -0.4 is 5.32 Å². The second-order valence-corrected chi connectivity index (χ2v) is 8.59. The molecular formula is C18H37N3. The van der Waals surface area contributed by atoms with Crippen molar-refractivity contribution in [1.29, 1.82) is 0 Å². The minimum Gasteiger partial charge on any atom is -0.311 e. The zero-order valence-electron chi connectivity index (χ0n) is 15.2. The summed E-state index contributed by atoms with van der Waals surface area (Å²) in [5.41, 5.74) is 0.358. The van der Waals surface area contributed by atoms with Gasteiger partial charge in [-0.2, -0.15) is 0 Å². The first kappa shape index (κ1) is 17.2. The van der Waals surface area contributed by atoms with Gasteiger partial charge in [-0.25, -0.2) is 0 Å². The number of nitrogens with zero attached hydrogens (tertiary/aromatic N) is 2. The molecule has 2 aliphatic rings. The Labute approximate surface area is 132 Å². The summed E-state index contributed by atoms with van der Waals surface area (Å²) in [6, 6.07) is 2.07. The monoisotopic (exact) mass is 295 g/mol. The summed E-state index contributed by atoms with van der Waals surface area (Å²) in [4.78, 5) is 5.44. The summed E-state index contributed by atoms with van der Waals surface area (Å²) in [5, 5.41) is 3.79. The molecule has 21 heavy (non-hydrogen) atoms. The van der Waals surface area contributed by atoms with Gasteiger partial charge >= 0.3 is 0 Å². The average molecular weight is 296 g/mol. The molecule has 124 valence electrons. The van der Waals surface area contributed by atoms with Crippen molar-refractivity contribution in [3.05, 3.63) is 0 Å². The molecular weight excluding hydrogens is 258 g/mol. The maximum Gasteiger partial charge on any atom is 0.0244 e. The van der Waals surface area contributed by atoms with Gasteiger partial charge in [0.05, 0.1) is 0 Å². The molecule has 2 rings (SSSR count). The van der Waals surface area contributed by atoms with Gasteiger partial charge < -0.3 is 10.2 Å². The topological polar surface area (TPSA) is 18.5 Å². The van der Waals surface area contributed by atoms with E-state index < -0.39 is 0 Å². The SMILES string of the molecule is CCC1CNC(C(C)(C)C)CN1CC1CCN(C(C)C)C1. The van der Waals surface area contributed by atoms with Crippen molar-refractivity contribution in [2.24, 2.45) is 11.3 Å². The summed E-state index contributed by atoms with van der Waals surface area (Å²) in [7, 11) is 0. The third kappa shape index (κ3) is 4.43. The van der Waals surface area contributed by atoms with Crippen LogP contribution >= 0.6 is 0 Å². The van der Waals surface area contributed by atoms with Crippen LogP contribution in [-0.2, 0) is 0 Å². The molecule has 3 unspecified atom stereocenters. The van der Waals surface area contributed by atoms with Crippen molar-refractivity contribution in [3.8, 4) is 0 Å². The predicted octanol–water partition coefficient (Wildman–Crippen LogP) is 2.82. The maximum atomic E-state index is 3.79. The lowest BCUT2D eigenvalue weighted by Crippen LogP contribution is -2.60. The van der Waals surface area contributed by atoms with E-state index in [1.54, 1.807) is 0 Å². The van der Waals surface area contributed by atoms with E-state index in [-0.39, 0.29) is 0 Å². The molecule has 2 fully saturated rings. The fraction of sp³-hybridized carbons (Fsp3) is 1.00. The Bertz CT molecular complexity index is 321. The second kappa shape index (κ2) is 6.97. The fourth-order valence-electron chi connectivity index (χ4n) is 3.87. The molecule has 2 aliphatic heterocycles. The van der Waals surface area contributed by atoms with E-state index in [0.717, 1.165) is 12.0 Å². The molecule has 0 amide bonds. The number of nitrogens with one attached hydrogen (secondary N) is 1. The van der Waals surface area contributed by atoms with Gasteiger partial charge in [-0.3, -0.25) is 4.90 Å². The number of likely N-dealkylation sites (tertiary alicyclic amines) is 1. The van der Waals surface area contributed by atoms with Gasteiger partial charge in [0.25, 0.3) is 0 Å². The Morgan fingerprint density at radius 3 is 2.43 bits per heavy atom. The van der Waals surface area contributed by atoms with Crippen LogP contribution in [0.5, 0.6) is 0 Å².